The number of aromatic nitrogens is 1. The van der Waals surface area contributed by atoms with E-state index in [0.717, 1.165) is 50.0 Å². The lowest BCUT2D eigenvalue weighted by Crippen LogP contribution is -2.24. The van der Waals surface area contributed by atoms with E-state index >= 15 is 0 Å². The maximum atomic E-state index is 11.9. The van der Waals surface area contributed by atoms with Crippen LogP contribution in [0.4, 0.5) is 0 Å². The molecule has 1 atom stereocenters. The second kappa shape index (κ2) is 5.17. The van der Waals surface area contributed by atoms with E-state index < -0.39 is 5.97 Å². The van der Waals surface area contributed by atoms with E-state index in [1.54, 1.807) is 6.07 Å². The Balaban J connectivity index is 1.70. The van der Waals surface area contributed by atoms with Crippen LogP contribution in [-0.4, -0.2) is 30.3 Å². The van der Waals surface area contributed by atoms with Crippen LogP contribution >= 0.6 is 0 Å². The number of pyridine rings is 1. The minimum atomic E-state index is -0.550. The van der Waals surface area contributed by atoms with Gasteiger partial charge in [0, 0.05) is 12.3 Å². The molecule has 0 aromatic carbocycles. The van der Waals surface area contributed by atoms with Crippen LogP contribution < -0.4 is 5.56 Å². The van der Waals surface area contributed by atoms with Gasteiger partial charge in [0.15, 0.2) is 0 Å². The summed E-state index contributed by atoms with van der Waals surface area (Å²) in [6.07, 6.45) is 4.72. The molecule has 1 N–H and O–H groups in total. The third-order valence-electron chi connectivity index (χ3n) is 3.73. The summed E-state index contributed by atoms with van der Waals surface area (Å²) >= 11 is 0. The molecule has 2 aliphatic rings. The number of carbonyl (C=O) groups is 1. The Kier molecular flexibility index (Phi) is 3.38. The molecule has 1 aliphatic carbocycles. The Morgan fingerprint density at radius 3 is 3.11 bits per heavy atom. The monoisotopic (exact) mass is 263 g/mol. The zero-order valence-electron chi connectivity index (χ0n) is 10.7. The molecule has 0 spiro atoms. The third-order valence-corrected chi connectivity index (χ3v) is 3.73. The van der Waals surface area contributed by atoms with Crippen LogP contribution in [-0.2, 0) is 22.3 Å². The number of esters is 1. The quantitative estimate of drug-likeness (QED) is 0.832. The molecule has 1 aromatic rings. The van der Waals surface area contributed by atoms with Crippen LogP contribution in [0.25, 0.3) is 0 Å². The Morgan fingerprint density at radius 2 is 2.32 bits per heavy atom. The summed E-state index contributed by atoms with van der Waals surface area (Å²) in [4.78, 5) is 26.5. The number of fused-ring (bicyclic) bond motifs is 1. The summed E-state index contributed by atoms with van der Waals surface area (Å²) < 4.78 is 10.5. The van der Waals surface area contributed by atoms with Crippen molar-refractivity contribution in [3.05, 3.63) is 33.2 Å². The maximum absolute atomic E-state index is 11.9. The van der Waals surface area contributed by atoms with Gasteiger partial charge in [-0.05, 0) is 43.7 Å². The van der Waals surface area contributed by atoms with Gasteiger partial charge >= 0.3 is 5.97 Å². The number of rotatable bonds is 3. The average molecular weight is 263 g/mol. The fraction of sp³-hybridized carbons (Fsp3) is 0.571. The number of nitrogens with one attached hydrogen (secondary N) is 1. The first-order valence-electron chi connectivity index (χ1n) is 6.78. The molecule has 0 amide bonds. The van der Waals surface area contributed by atoms with Crippen molar-refractivity contribution in [1.82, 2.24) is 4.98 Å². The summed E-state index contributed by atoms with van der Waals surface area (Å²) in [7, 11) is 0. The molecule has 3 rings (SSSR count). The van der Waals surface area contributed by atoms with Crippen molar-refractivity contribution in [2.75, 3.05) is 13.2 Å². The van der Waals surface area contributed by atoms with E-state index in [1.807, 2.05) is 0 Å². The van der Waals surface area contributed by atoms with Gasteiger partial charge in [-0.2, -0.15) is 0 Å². The highest BCUT2D eigenvalue weighted by molar-refractivity contribution is 5.89. The first kappa shape index (κ1) is 12.4. The van der Waals surface area contributed by atoms with Crippen molar-refractivity contribution < 1.29 is 14.3 Å². The summed E-state index contributed by atoms with van der Waals surface area (Å²) in [5.41, 5.74) is 1.78. The van der Waals surface area contributed by atoms with E-state index in [0.29, 0.717) is 0 Å². The normalized spacial score (nSPS) is 21.4. The van der Waals surface area contributed by atoms with Gasteiger partial charge < -0.3 is 14.5 Å². The molecule has 1 fully saturated rings. The lowest BCUT2D eigenvalue weighted by molar-refractivity contribution is 0.0159. The van der Waals surface area contributed by atoms with Gasteiger partial charge in [0.2, 0.25) is 0 Å². The van der Waals surface area contributed by atoms with Crippen LogP contribution in [0.15, 0.2) is 10.9 Å². The molecule has 102 valence electrons. The summed E-state index contributed by atoms with van der Waals surface area (Å²) in [5, 5.41) is 0. The molecular formula is C14H17NO4. The number of hydrogen-bond acceptors (Lipinski definition) is 4. The maximum Gasteiger partial charge on any atom is 0.343 e. The Hall–Kier alpha value is -1.62. The van der Waals surface area contributed by atoms with Crippen molar-refractivity contribution in [2.24, 2.45) is 0 Å². The number of ether oxygens (including phenoxy) is 2. The fourth-order valence-electron chi connectivity index (χ4n) is 2.69. The molecule has 0 radical (unpaired) electrons. The number of H-pyrrole nitrogens is 1. The molecule has 1 aromatic heterocycles. The molecular weight excluding hydrogens is 246 g/mol. The van der Waals surface area contributed by atoms with Crippen LogP contribution in [0.5, 0.6) is 0 Å². The molecule has 5 nitrogen and oxygen atoms in total. The lowest BCUT2D eigenvalue weighted by atomic mass is 10.1. The number of aryl methyl sites for hydroxylation is 2. The van der Waals surface area contributed by atoms with Crippen LogP contribution in [0.2, 0.25) is 0 Å². The molecule has 19 heavy (non-hydrogen) atoms. The standard InChI is InChI=1S/C14H17NO4/c16-13-11(7-9-3-1-5-12(9)15-13)14(17)19-8-10-4-2-6-18-10/h7,10H,1-6,8H2,(H,15,16)/t10-/m0/s1. The van der Waals surface area contributed by atoms with E-state index in [2.05, 4.69) is 4.98 Å². The molecule has 0 saturated carbocycles. The van der Waals surface area contributed by atoms with Gasteiger partial charge in [-0.15, -0.1) is 0 Å². The Morgan fingerprint density at radius 1 is 1.42 bits per heavy atom. The van der Waals surface area contributed by atoms with Gasteiger partial charge in [0.1, 0.15) is 12.2 Å². The zero-order chi connectivity index (χ0) is 13.2. The predicted octanol–water partition coefficient (Wildman–Crippen LogP) is 1.20. The van der Waals surface area contributed by atoms with Crippen molar-refractivity contribution in [1.29, 1.82) is 0 Å². The summed E-state index contributed by atoms with van der Waals surface area (Å²) in [5.74, 6) is -0.550. The van der Waals surface area contributed by atoms with Crippen LogP contribution in [0, 0.1) is 0 Å². The highest BCUT2D eigenvalue weighted by atomic mass is 16.6. The number of carbonyl (C=O) groups excluding carboxylic acids is 1. The Bertz CT molecular complexity index is 543. The Labute approximate surface area is 110 Å². The van der Waals surface area contributed by atoms with Crippen molar-refractivity contribution in [3.63, 3.8) is 0 Å². The molecule has 2 heterocycles. The van der Waals surface area contributed by atoms with Gasteiger partial charge in [-0.25, -0.2) is 4.79 Å². The predicted molar refractivity (Wildman–Crippen MR) is 68.3 cm³/mol. The molecule has 1 aliphatic heterocycles. The summed E-state index contributed by atoms with van der Waals surface area (Å²) in [6.45, 7) is 0.955. The first-order chi connectivity index (χ1) is 9.24. The number of aromatic amines is 1. The van der Waals surface area contributed by atoms with Gasteiger partial charge in [0.05, 0.1) is 6.10 Å². The smallest absolute Gasteiger partial charge is 0.343 e. The highest BCUT2D eigenvalue weighted by Crippen LogP contribution is 2.19. The SMILES string of the molecule is O=C(OC[C@@H]1CCCO1)c1cc2c([nH]c1=O)CCC2. The van der Waals surface area contributed by atoms with Gasteiger partial charge in [0.25, 0.3) is 5.56 Å². The second-order valence-corrected chi connectivity index (χ2v) is 5.10. The molecule has 0 bridgehead atoms. The lowest BCUT2D eigenvalue weighted by Gasteiger charge is -2.10. The van der Waals surface area contributed by atoms with Crippen molar-refractivity contribution >= 4 is 5.97 Å². The van der Waals surface area contributed by atoms with Gasteiger partial charge in [-0.3, -0.25) is 4.79 Å². The minimum Gasteiger partial charge on any atom is -0.459 e. The first-order valence-corrected chi connectivity index (χ1v) is 6.78. The van der Waals surface area contributed by atoms with E-state index in [1.165, 1.54) is 0 Å². The van der Waals surface area contributed by atoms with E-state index in [4.69, 9.17) is 9.47 Å². The molecule has 1 saturated heterocycles. The minimum absolute atomic E-state index is 0.0162. The fourth-order valence-corrected chi connectivity index (χ4v) is 2.69. The van der Waals surface area contributed by atoms with Crippen LogP contribution in [0.3, 0.4) is 0 Å². The van der Waals surface area contributed by atoms with Gasteiger partial charge in [-0.1, -0.05) is 0 Å². The molecule has 5 heteroatoms. The average Bonchev–Trinajstić information content (AvgIpc) is 3.05. The topological polar surface area (TPSA) is 68.4 Å². The van der Waals surface area contributed by atoms with E-state index in [-0.39, 0.29) is 23.8 Å². The van der Waals surface area contributed by atoms with Crippen LogP contribution in [0.1, 0.15) is 40.9 Å². The molecule has 0 unspecified atom stereocenters. The number of hydrogen-bond donors (Lipinski definition) is 1. The third kappa shape index (κ3) is 2.56. The summed E-state index contributed by atoms with van der Waals surface area (Å²) in [6, 6.07) is 1.68. The van der Waals surface area contributed by atoms with Crippen molar-refractivity contribution in [2.45, 2.75) is 38.2 Å². The highest BCUT2D eigenvalue weighted by Gasteiger charge is 2.21. The van der Waals surface area contributed by atoms with Crippen molar-refractivity contribution in [3.8, 4) is 0 Å². The second-order valence-electron chi connectivity index (χ2n) is 5.10. The largest absolute Gasteiger partial charge is 0.459 e. The van der Waals surface area contributed by atoms with E-state index in [9.17, 15) is 9.59 Å². The zero-order valence-corrected chi connectivity index (χ0v) is 10.7.